The molecule has 1 aromatic carbocycles. The molecule has 1 atom stereocenters. The quantitative estimate of drug-likeness (QED) is 0.523. The second-order valence-corrected chi connectivity index (χ2v) is 9.55. The number of aryl methyl sites for hydroxylation is 1. The Balaban J connectivity index is 1.67. The summed E-state index contributed by atoms with van der Waals surface area (Å²) in [7, 11) is 2.12. The van der Waals surface area contributed by atoms with E-state index in [9.17, 15) is 4.79 Å². The summed E-state index contributed by atoms with van der Waals surface area (Å²) < 4.78 is 2.22. The predicted molar refractivity (Wildman–Crippen MR) is 125 cm³/mol. The van der Waals surface area contributed by atoms with Crippen LogP contribution in [0.4, 0.5) is 0 Å². The fourth-order valence-electron chi connectivity index (χ4n) is 5.66. The Labute approximate surface area is 182 Å². The molecule has 1 aromatic heterocycles. The van der Waals surface area contributed by atoms with Gasteiger partial charge in [0.15, 0.2) is 0 Å². The van der Waals surface area contributed by atoms with E-state index in [4.69, 9.17) is 0 Å². The summed E-state index contributed by atoms with van der Waals surface area (Å²) in [5.41, 5.74) is 4.74. The third kappa shape index (κ3) is 4.08. The van der Waals surface area contributed by atoms with Gasteiger partial charge in [0, 0.05) is 41.3 Å². The lowest BCUT2D eigenvalue weighted by molar-refractivity contribution is -0.129. The third-order valence-corrected chi connectivity index (χ3v) is 7.53. The summed E-state index contributed by atoms with van der Waals surface area (Å²) >= 11 is 0. The minimum Gasteiger partial charge on any atom is -0.350 e. The molecule has 1 unspecified atom stereocenters. The molecular formula is C27H38N2O. The summed E-state index contributed by atoms with van der Waals surface area (Å²) in [4.78, 5) is 15.8. The number of carbonyl (C=O) groups excluding carboxylic acids is 1. The van der Waals surface area contributed by atoms with Crippen LogP contribution in [0.15, 0.2) is 41.6 Å². The topological polar surface area (TPSA) is 25.2 Å². The largest absolute Gasteiger partial charge is 0.350 e. The highest BCUT2D eigenvalue weighted by atomic mass is 16.2. The van der Waals surface area contributed by atoms with Crippen LogP contribution < -0.4 is 0 Å². The lowest BCUT2D eigenvalue weighted by Crippen LogP contribution is -2.39. The van der Waals surface area contributed by atoms with Crippen LogP contribution in [-0.2, 0) is 11.8 Å². The number of hydrogen-bond acceptors (Lipinski definition) is 1. The molecule has 0 saturated heterocycles. The number of benzene rings is 1. The molecule has 3 heteroatoms. The Morgan fingerprint density at radius 2 is 1.40 bits per heavy atom. The first-order valence-corrected chi connectivity index (χ1v) is 12.1. The van der Waals surface area contributed by atoms with Crippen molar-refractivity contribution in [2.75, 3.05) is 0 Å². The highest BCUT2D eigenvalue weighted by molar-refractivity contribution is 5.98. The summed E-state index contributed by atoms with van der Waals surface area (Å²) in [6.07, 6.45) is 16.5. The van der Waals surface area contributed by atoms with Crippen LogP contribution in [0.1, 0.15) is 96.1 Å². The Hall–Kier alpha value is -2.03. The van der Waals surface area contributed by atoms with Crippen molar-refractivity contribution >= 4 is 16.8 Å². The molecule has 162 valence electrons. The van der Waals surface area contributed by atoms with Gasteiger partial charge in [-0.1, -0.05) is 76.0 Å². The first-order chi connectivity index (χ1) is 14.6. The van der Waals surface area contributed by atoms with Crippen molar-refractivity contribution in [3.8, 4) is 0 Å². The smallest absolute Gasteiger partial charge is 0.250 e. The average Bonchev–Trinajstić information content (AvgIpc) is 3.18. The minimum absolute atomic E-state index is 0.0847. The highest BCUT2D eigenvalue weighted by Gasteiger charge is 2.40. The van der Waals surface area contributed by atoms with E-state index in [1.54, 1.807) is 0 Å². The molecule has 0 spiro atoms. The first-order valence-electron chi connectivity index (χ1n) is 12.1. The molecule has 1 fully saturated rings. The molecule has 1 saturated carbocycles. The molecular weight excluding hydrogens is 368 g/mol. The van der Waals surface area contributed by atoms with Crippen molar-refractivity contribution in [2.45, 2.75) is 96.6 Å². The van der Waals surface area contributed by atoms with Crippen LogP contribution >= 0.6 is 0 Å². The molecule has 0 N–H and O–H groups in total. The number of para-hydroxylation sites is 1. The van der Waals surface area contributed by atoms with Gasteiger partial charge in [-0.2, -0.15) is 0 Å². The summed E-state index contributed by atoms with van der Waals surface area (Å²) in [5.74, 6) is 0.266. The van der Waals surface area contributed by atoms with Gasteiger partial charge in [0.1, 0.15) is 0 Å². The average molecular weight is 407 g/mol. The van der Waals surface area contributed by atoms with E-state index < -0.39 is 0 Å². The number of aromatic nitrogens is 1. The molecule has 2 heterocycles. The monoisotopic (exact) mass is 406 g/mol. The molecule has 1 aliphatic heterocycles. The lowest BCUT2D eigenvalue weighted by atomic mass is 9.93. The highest BCUT2D eigenvalue weighted by Crippen LogP contribution is 2.43. The fraction of sp³-hybridized carbons (Fsp3) is 0.593. The van der Waals surface area contributed by atoms with E-state index in [0.29, 0.717) is 6.04 Å². The van der Waals surface area contributed by atoms with Crippen molar-refractivity contribution in [3.63, 3.8) is 0 Å². The number of nitrogens with zero attached hydrogens (tertiary/aromatic N) is 2. The standard InChI is InChI=1S/C27H38N2O/c1-20-21(2)27(30)29(22-15-11-9-7-5-4-6-8-10-12-16-22)26(20)24-19-28(3)25-18-14-13-17-23(24)25/h13-14,17-19,22,26H,4-12,15-16H2,1-3H3. The van der Waals surface area contributed by atoms with Crippen molar-refractivity contribution in [2.24, 2.45) is 7.05 Å². The van der Waals surface area contributed by atoms with Gasteiger partial charge in [0.2, 0.25) is 0 Å². The summed E-state index contributed by atoms with van der Waals surface area (Å²) in [6.45, 7) is 4.21. The summed E-state index contributed by atoms with van der Waals surface area (Å²) in [6, 6.07) is 9.06. The van der Waals surface area contributed by atoms with Gasteiger partial charge < -0.3 is 9.47 Å². The molecule has 1 aliphatic carbocycles. The molecule has 30 heavy (non-hydrogen) atoms. The third-order valence-electron chi connectivity index (χ3n) is 7.53. The van der Waals surface area contributed by atoms with E-state index in [1.165, 1.54) is 79.8 Å². The molecule has 2 aliphatic rings. The number of fused-ring (bicyclic) bond motifs is 1. The van der Waals surface area contributed by atoms with Crippen LogP contribution in [0.3, 0.4) is 0 Å². The van der Waals surface area contributed by atoms with E-state index in [1.807, 2.05) is 6.92 Å². The molecule has 0 radical (unpaired) electrons. The van der Waals surface area contributed by atoms with Crippen molar-refractivity contribution < 1.29 is 4.79 Å². The summed E-state index contributed by atoms with van der Waals surface area (Å²) in [5, 5.41) is 1.28. The minimum atomic E-state index is 0.0847. The molecule has 0 bridgehead atoms. The SMILES string of the molecule is CC1=C(C)C(c2cn(C)c3ccccc23)N(C2CCCCCCCCCCC2)C1=O. The van der Waals surface area contributed by atoms with Crippen LogP contribution in [-0.4, -0.2) is 21.4 Å². The second kappa shape index (κ2) is 9.41. The molecule has 2 aromatic rings. The van der Waals surface area contributed by atoms with Crippen molar-refractivity contribution in [3.05, 3.63) is 47.2 Å². The van der Waals surface area contributed by atoms with Gasteiger partial charge in [-0.3, -0.25) is 4.79 Å². The van der Waals surface area contributed by atoms with E-state index >= 15 is 0 Å². The van der Waals surface area contributed by atoms with Gasteiger partial charge in [0.25, 0.3) is 5.91 Å². The first kappa shape index (κ1) is 21.2. The lowest BCUT2D eigenvalue weighted by Gasteiger charge is -2.35. The van der Waals surface area contributed by atoms with Gasteiger partial charge >= 0.3 is 0 Å². The number of rotatable bonds is 2. The maximum absolute atomic E-state index is 13.5. The van der Waals surface area contributed by atoms with Gasteiger partial charge in [0.05, 0.1) is 6.04 Å². The zero-order chi connectivity index (χ0) is 21.1. The number of amides is 1. The van der Waals surface area contributed by atoms with Crippen LogP contribution in [0.25, 0.3) is 10.9 Å². The Kier molecular flexibility index (Phi) is 6.65. The van der Waals surface area contributed by atoms with Crippen LogP contribution in [0.2, 0.25) is 0 Å². The van der Waals surface area contributed by atoms with Crippen LogP contribution in [0, 0.1) is 0 Å². The van der Waals surface area contributed by atoms with Crippen LogP contribution in [0.5, 0.6) is 0 Å². The predicted octanol–water partition coefficient (Wildman–Crippen LogP) is 7.07. The maximum Gasteiger partial charge on any atom is 0.250 e. The van der Waals surface area contributed by atoms with Gasteiger partial charge in [-0.15, -0.1) is 0 Å². The van der Waals surface area contributed by atoms with E-state index in [-0.39, 0.29) is 11.9 Å². The Morgan fingerprint density at radius 3 is 2.03 bits per heavy atom. The van der Waals surface area contributed by atoms with Gasteiger partial charge in [-0.05, 0) is 38.3 Å². The Morgan fingerprint density at radius 1 is 0.833 bits per heavy atom. The van der Waals surface area contributed by atoms with Gasteiger partial charge in [-0.25, -0.2) is 0 Å². The number of hydrogen-bond donors (Lipinski definition) is 0. The van der Waals surface area contributed by atoms with Crippen molar-refractivity contribution in [1.29, 1.82) is 0 Å². The molecule has 4 rings (SSSR count). The molecule has 1 amide bonds. The van der Waals surface area contributed by atoms with Crippen molar-refractivity contribution in [1.82, 2.24) is 9.47 Å². The second-order valence-electron chi connectivity index (χ2n) is 9.55. The Bertz CT molecular complexity index is 910. The normalized spacial score (nSPS) is 23.1. The maximum atomic E-state index is 13.5. The molecule has 3 nitrogen and oxygen atoms in total. The number of carbonyl (C=O) groups is 1. The fourth-order valence-corrected chi connectivity index (χ4v) is 5.66. The van der Waals surface area contributed by atoms with E-state index in [2.05, 4.69) is 53.9 Å². The zero-order valence-electron chi connectivity index (χ0n) is 19.1. The zero-order valence-corrected chi connectivity index (χ0v) is 19.1. The van der Waals surface area contributed by atoms with E-state index in [0.717, 1.165) is 18.4 Å².